The third kappa shape index (κ3) is 3.90. The van der Waals surface area contributed by atoms with Crippen LogP contribution in [0.1, 0.15) is 80.1 Å². The number of hydrogen-bond acceptors (Lipinski definition) is 6. The van der Waals surface area contributed by atoms with Crippen molar-refractivity contribution >= 4 is 17.9 Å². The molecule has 0 radical (unpaired) electrons. The number of allylic oxidation sites excluding steroid dienone is 2. The van der Waals surface area contributed by atoms with Crippen molar-refractivity contribution in [2.75, 3.05) is 26.2 Å². The molecule has 0 unspecified atom stereocenters. The number of rotatable bonds is 6. The van der Waals surface area contributed by atoms with Crippen molar-refractivity contribution in [3.05, 3.63) is 11.6 Å². The van der Waals surface area contributed by atoms with E-state index in [4.69, 9.17) is 9.47 Å². The number of hydrogen-bond donors (Lipinski definition) is 0. The van der Waals surface area contributed by atoms with Gasteiger partial charge >= 0.3 is 17.9 Å². The summed E-state index contributed by atoms with van der Waals surface area (Å²) in [6, 6.07) is 0. The average molecular weight is 524 g/mol. The van der Waals surface area contributed by atoms with Gasteiger partial charge in [-0.2, -0.15) is 0 Å². The second-order valence-electron chi connectivity index (χ2n) is 13.3. The summed E-state index contributed by atoms with van der Waals surface area (Å²) in [7, 11) is 0. The molecule has 2 bridgehead atoms. The first-order valence-corrected chi connectivity index (χ1v) is 14.9. The Balaban J connectivity index is 1.41. The monoisotopic (exact) mass is 523 g/mol. The molecule has 6 heteroatoms. The van der Waals surface area contributed by atoms with Gasteiger partial charge in [0.2, 0.25) is 0 Å². The number of esters is 3. The lowest BCUT2D eigenvalue weighted by atomic mass is 9.34. The Kier molecular flexibility index (Phi) is 7.08. The van der Waals surface area contributed by atoms with Gasteiger partial charge in [-0.05, 0) is 81.2 Å². The van der Waals surface area contributed by atoms with Gasteiger partial charge < -0.3 is 9.47 Å². The van der Waals surface area contributed by atoms with Crippen molar-refractivity contribution in [1.29, 1.82) is 0 Å². The largest absolute Gasteiger partial charge is 0.452 e. The minimum atomic E-state index is -0.568. The minimum absolute atomic E-state index is 0.0580. The van der Waals surface area contributed by atoms with Crippen LogP contribution in [0.15, 0.2) is 11.6 Å². The lowest BCUT2D eigenvalue weighted by Gasteiger charge is -2.68. The van der Waals surface area contributed by atoms with E-state index in [9.17, 15) is 14.4 Å². The molecule has 0 N–H and O–H groups in total. The van der Waals surface area contributed by atoms with E-state index in [0.29, 0.717) is 12.5 Å². The van der Waals surface area contributed by atoms with E-state index in [-0.39, 0.29) is 64.9 Å². The van der Waals surface area contributed by atoms with Gasteiger partial charge in [-0.25, -0.2) is 0 Å². The summed E-state index contributed by atoms with van der Waals surface area (Å²) in [5, 5.41) is 0. The highest BCUT2D eigenvalue weighted by atomic mass is 16.6. The molecular weight excluding hydrogens is 478 g/mol. The van der Waals surface area contributed by atoms with Crippen LogP contribution in [0.25, 0.3) is 0 Å². The van der Waals surface area contributed by atoms with Crippen LogP contribution in [0.4, 0.5) is 0 Å². The molecule has 6 nitrogen and oxygen atoms in total. The molecule has 38 heavy (non-hydrogen) atoms. The van der Waals surface area contributed by atoms with Gasteiger partial charge in [0.25, 0.3) is 0 Å². The van der Waals surface area contributed by atoms with E-state index < -0.39 is 5.41 Å². The van der Waals surface area contributed by atoms with E-state index in [1.165, 1.54) is 5.57 Å². The molecule has 208 valence electrons. The summed E-state index contributed by atoms with van der Waals surface area (Å²) in [5.41, 5.74) is 0.303. The van der Waals surface area contributed by atoms with Crippen LogP contribution in [-0.4, -0.2) is 49.0 Å². The molecule has 0 amide bonds. The zero-order valence-corrected chi connectivity index (χ0v) is 24.1. The van der Waals surface area contributed by atoms with Crippen LogP contribution in [0, 0.1) is 63.6 Å². The normalized spacial score (nSPS) is 41.1. The van der Waals surface area contributed by atoms with Crippen LogP contribution in [0.3, 0.4) is 0 Å². The van der Waals surface area contributed by atoms with Gasteiger partial charge in [0, 0.05) is 5.41 Å². The summed E-state index contributed by atoms with van der Waals surface area (Å²) < 4.78 is 11.1. The molecule has 6 aliphatic rings. The van der Waals surface area contributed by atoms with E-state index in [1.807, 2.05) is 0 Å². The van der Waals surface area contributed by atoms with E-state index >= 15 is 0 Å². The fraction of sp³-hybridized carbons (Fsp3) is 0.781. The highest BCUT2D eigenvalue weighted by molar-refractivity contribution is 5.98. The van der Waals surface area contributed by atoms with Crippen LogP contribution in [0.5, 0.6) is 0 Å². The highest BCUT2D eigenvalue weighted by Gasteiger charge is 2.73. The fourth-order valence-corrected chi connectivity index (χ4v) is 9.68. The fourth-order valence-electron chi connectivity index (χ4n) is 9.68. The minimum Gasteiger partial charge on any atom is -0.452 e. The van der Waals surface area contributed by atoms with Crippen molar-refractivity contribution < 1.29 is 23.9 Å². The molecule has 0 aromatic heterocycles. The smallest absolute Gasteiger partial charge is 0.318 e. The van der Waals surface area contributed by atoms with Crippen LogP contribution in [0.2, 0.25) is 0 Å². The van der Waals surface area contributed by atoms with Crippen molar-refractivity contribution in [3.63, 3.8) is 0 Å². The van der Waals surface area contributed by atoms with Crippen molar-refractivity contribution in [2.24, 2.45) is 51.8 Å². The summed E-state index contributed by atoms with van der Waals surface area (Å²) in [5.74, 6) is 5.52. The SMILES string of the molecule is CCN(CC)CC#CCOC(=O)[C@]1(C)CCC[C@]2(C)[C@H]3C[C@H]4C(C(C)C)=C[C@]3(CC[C@H]21)[C@@H]1C(=O)OC(=O)[C@@H]14. The van der Waals surface area contributed by atoms with E-state index in [1.54, 1.807) is 0 Å². The lowest BCUT2D eigenvalue weighted by Crippen LogP contribution is -2.65. The maximum atomic E-state index is 13.6. The maximum absolute atomic E-state index is 13.6. The molecule has 1 spiro atoms. The summed E-state index contributed by atoms with van der Waals surface area (Å²) >= 11 is 0. The molecule has 3 saturated carbocycles. The number of cyclic esters (lactones) is 2. The summed E-state index contributed by atoms with van der Waals surface area (Å²) in [4.78, 5) is 41.9. The average Bonchev–Trinajstić information content (AvgIpc) is 3.21. The zero-order valence-electron chi connectivity index (χ0n) is 24.1. The Bertz CT molecular complexity index is 1090. The van der Waals surface area contributed by atoms with Crippen molar-refractivity contribution in [1.82, 2.24) is 4.90 Å². The van der Waals surface area contributed by atoms with Gasteiger partial charge in [-0.1, -0.05) is 64.5 Å². The third-order valence-electron chi connectivity index (χ3n) is 11.5. The Morgan fingerprint density at radius 3 is 2.53 bits per heavy atom. The Morgan fingerprint density at radius 2 is 1.84 bits per heavy atom. The first-order chi connectivity index (χ1) is 18.0. The Labute approximate surface area is 228 Å². The quantitative estimate of drug-likeness (QED) is 0.211. The topological polar surface area (TPSA) is 72.9 Å². The van der Waals surface area contributed by atoms with Gasteiger partial charge in [-0.15, -0.1) is 0 Å². The van der Waals surface area contributed by atoms with Crippen LogP contribution in [-0.2, 0) is 23.9 Å². The Hall–Kier alpha value is -2.13. The molecule has 6 rings (SSSR count). The predicted molar refractivity (Wildman–Crippen MR) is 144 cm³/mol. The van der Waals surface area contributed by atoms with Gasteiger partial charge in [0.05, 0.1) is 23.8 Å². The van der Waals surface area contributed by atoms with Crippen molar-refractivity contribution in [2.45, 2.75) is 80.1 Å². The highest BCUT2D eigenvalue weighted by Crippen LogP contribution is 2.74. The molecule has 5 aliphatic carbocycles. The van der Waals surface area contributed by atoms with Crippen molar-refractivity contribution in [3.8, 4) is 11.8 Å². The number of fused-ring (bicyclic) bond motifs is 1. The summed E-state index contributed by atoms with van der Waals surface area (Å²) in [6.07, 6.45) is 7.80. The van der Waals surface area contributed by atoms with E-state index in [2.05, 4.69) is 64.4 Å². The third-order valence-corrected chi connectivity index (χ3v) is 11.5. The molecule has 1 aliphatic heterocycles. The second kappa shape index (κ2) is 9.81. The lowest BCUT2D eigenvalue weighted by molar-refractivity contribution is -0.197. The number of ether oxygens (including phenoxy) is 2. The number of carbonyl (C=O) groups is 3. The first-order valence-electron chi connectivity index (χ1n) is 14.9. The number of carbonyl (C=O) groups excluding carboxylic acids is 3. The zero-order chi connectivity index (χ0) is 27.5. The maximum Gasteiger partial charge on any atom is 0.318 e. The van der Waals surface area contributed by atoms with Gasteiger partial charge in [-0.3, -0.25) is 19.3 Å². The summed E-state index contributed by atoms with van der Waals surface area (Å²) in [6.45, 7) is 15.8. The van der Waals surface area contributed by atoms with Gasteiger partial charge in [0.1, 0.15) is 0 Å². The predicted octanol–water partition coefficient (Wildman–Crippen LogP) is 5.02. The molecule has 0 aromatic rings. The molecule has 0 aromatic carbocycles. The molecule has 8 atom stereocenters. The molecule has 1 heterocycles. The van der Waals surface area contributed by atoms with Crippen LogP contribution >= 0.6 is 0 Å². The molecule has 1 saturated heterocycles. The second-order valence-corrected chi connectivity index (χ2v) is 13.3. The molecule has 4 fully saturated rings. The van der Waals surface area contributed by atoms with Gasteiger partial charge in [0.15, 0.2) is 6.61 Å². The Morgan fingerprint density at radius 1 is 1.11 bits per heavy atom. The molecular formula is C32H45NO5. The first kappa shape index (κ1) is 27.4. The van der Waals surface area contributed by atoms with E-state index in [0.717, 1.165) is 51.6 Å². The van der Waals surface area contributed by atoms with Crippen LogP contribution < -0.4 is 0 Å². The standard InChI is InChI=1S/C32H45NO5/c1-7-33(8-2)16-9-10-17-37-29(36)31(6)14-11-13-30(5)23(31)12-15-32-19-22(20(3)4)21(18-24(30)32)25-26(32)28(35)38-27(25)34/h19-21,23-26H,7-8,11-18H2,1-6H3/t21-,23+,24+,25+,26-,30-,31+,32-/m0/s1. The number of nitrogens with zero attached hydrogens (tertiary/aromatic N) is 1.